The van der Waals surface area contributed by atoms with Gasteiger partial charge >= 0.3 is 0 Å². The predicted molar refractivity (Wildman–Crippen MR) is 53.7 cm³/mol. The van der Waals surface area contributed by atoms with E-state index in [1.165, 1.54) is 18.2 Å². The fourth-order valence-electron chi connectivity index (χ4n) is 0.809. The van der Waals surface area contributed by atoms with Gasteiger partial charge in [0.05, 0.1) is 12.9 Å². The van der Waals surface area contributed by atoms with Crippen molar-refractivity contribution in [1.82, 2.24) is 0 Å². The molecule has 0 unspecified atom stereocenters. The van der Waals surface area contributed by atoms with Crippen molar-refractivity contribution in [3.8, 4) is 0 Å². The van der Waals surface area contributed by atoms with E-state index < -0.39 is 10.1 Å². The molecule has 0 heterocycles. The van der Waals surface area contributed by atoms with Crippen molar-refractivity contribution in [2.24, 2.45) is 0 Å². The second-order valence-corrected chi connectivity index (χ2v) is 5.20. The van der Waals surface area contributed by atoms with Gasteiger partial charge in [0, 0.05) is 4.47 Å². The van der Waals surface area contributed by atoms with E-state index in [4.69, 9.17) is 0 Å². The topological polar surface area (TPSA) is 43.4 Å². The van der Waals surface area contributed by atoms with Crippen LogP contribution in [0.15, 0.2) is 22.7 Å². The normalized spacial score (nSPS) is 11.6. The maximum absolute atomic E-state index is 12.6. The average molecular weight is 283 g/mol. The first-order chi connectivity index (χ1) is 6.38. The lowest BCUT2D eigenvalue weighted by Crippen LogP contribution is -2.03. The summed E-state index contributed by atoms with van der Waals surface area (Å²) >= 11 is 3.10. The Bertz CT molecular complexity index is 430. The van der Waals surface area contributed by atoms with Gasteiger partial charge in [-0.2, -0.15) is 8.42 Å². The molecule has 3 nitrogen and oxygen atoms in total. The van der Waals surface area contributed by atoms with E-state index in [2.05, 4.69) is 20.1 Å². The van der Waals surface area contributed by atoms with Crippen LogP contribution in [0.4, 0.5) is 4.39 Å². The first-order valence-electron chi connectivity index (χ1n) is 3.67. The van der Waals surface area contributed by atoms with Crippen molar-refractivity contribution >= 4 is 26.0 Å². The standard InChI is InChI=1S/C8H8BrFO3S/c1-14(11,12)13-5-6-2-3-7(10)4-8(6)9/h2-4H,5H2,1H3. The summed E-state index contributed by atoms with van der Waals surface area (Å²) in [6, 6.07) is 3.96. The highest BCUT2D eigenvalue weighted by Crippen LogP contribution is 2.19. The third-order valence-electron chi connectivity index (χ3n) is 1.44. The lowest BCUT2D eigenvalue weighted by atomic mass is 10.2. The number of hydrogen-bond donors (Lipinski definition) is 0. The summed E-state index contributed by atoms with van der Waals surface area (Å²) in [5.41, 5.74) is 0.580. The Kier molecular flexibility index (Phi) is 3.63. The van der Waals surface area contributed by atoms with E-state index in [-0.39, 0.29) is 12.4 Å². The van der Waals surface area contributed by atoms with Gasteiger partial charge in [0.1, 0.15) is 5.82 Å². The van der Waals surface area contributed by atoms with Gasteiger partial charge in [-0.25, -0.2) is 4.39 Å². The fourth-order valence-corrected chi connectivity index (χ4v) is 1.62. The Morgan fingerprint density at radius 1 is 1.50 bits per heavy atom. The summed E-state index contributed by atoms with van der Waals surface area (Å²) in [4.78, 5) is 0. The second kappa shape index (κ2) is 4.37. The molecule has 0 aromatic heterocycles. The average Bonchev–Trinajstić information content (AvgIpc) is 2.00. The summed E-state index contributed by atoms with van der Waals surface area (Å²) in [5.74, 6) is -0.389. The molecule has 0 saturated heterocycles. The molecule has 1 aromatic rings. The van der Waals surface area contributed by atoms with Crippen molar-refractivity contribution in [1.29, 1.82) is 0 Å². The summed E-state index contributed by atoms with van der Waals surface area (Å²) < 4.78 is 39.0. The Hall–Kier alpha value is -0.460. The third kappa shape index (κ3) is 3.73. The first kappa shape index (κ1) is 11.6. The molecule has 0 atom stereocenters. The monoisotopic (exact) mass is 282 g/mol. The quantitative estimate of drug-likeness (QED) is 0.797. The van der Waals surface area contributed by atoms with E-state index in [1.54, 1.807) is 0 Å². The SMILES string of the molecule is CS(=O)(=O)OCc1ccc(F)cc1Br. The van der Waals surface area contributed by atoms with E-state index >= 15 is 0 Å². The van der Waals surface area contributed by atoms with Crippen LogP contribution in [0, 0.1) is 5.82 Å². The van der Waals surface area contributed by atoms with Gasteiger partial charge in [-0.05, 0) is 17.7 Å². The Morgan fingerprint density at radius 2 is 2.14 bits per heavy atom. The molecule has 6 heteroatoms. The lowest BCUT2D eigenvalue weighted by Gasteiger charge is -2.03. The van der Waals surface area contributed by atoms with Gasteiger partial charge in [0.25, 0.3) is 10.1 Å². The molecule has 14 heavy (non-hydrogen) atoms. The lowest BCUT2D eigenvalue weighted by molar-refractivity contribution is 0.311. The zero-order valence-corrected chi connectivity index (χ0v) is 9.73. The molecular formula is C8H8BrFO3S. The molecule has 1 rings (SSSR count). The Balaban J connectivity index is 2.78. The molecule has 0 aliphatic rings. The highest BCUT2D eigenvalue weighted by atomic mass is 79.9. The van der Waals surface area contributed by atoms with Crippen molar-refractivity contribution in [3.63, 3.8) is 0 Å². The maximum atomic E-state index is 12.6. The van der Waals surface area contributed by atoms with Crippen LogP contribution in [0.5, 0.6) is 0 Å². The summed E-state index contributed by atoms with van der Waals surface area (Å²) in [7, 11) is -3.46. The smallest absolute Gasteiger partial charge is 0.264 e. The predicted octanol–water partition coefficient (Wildman–Crippen LogP) is 2.06. The minimum Gasteiger partial charge on any atom is -0.265 e. The zero-order chi connectivity index (χ0) is 10.8. The number of halogens is 2. The molecule has 0 bridgehead atoms. The largest absolute Gasteiger partial charge is 0.265 e. The van der Waals surface area contributed by atoms with Gasteiger partial charge in [-0.1, -0.05) is 22.0 Å². The van der Waals surface area contributed by atoms with E-state index in [0.29, 0.717) is 10.0 Å². The van der Waals surface area contributed by atoms with Gasteiger partial charge in [-0.15, -0.1) is 0 Å². The summed E-state index contributed by atoms with van der Waals surface area (Å²) in [6.07, 6.45) is 0.963. The van der Waals surface area contributed by atoms with Crippen LogP contribution in [0.3, 0.4) is 0 Å². The van der Waals surface area contributed by atoms with Crippen LogP contribution < -0.4 is 0 Å². The van der Waals surface area contributed by atoms with Crippen molar-refractivity contribution in [2.75, 3.05) is 6.26 Å². The number of hydrogen-bond acceptors (Lipinski definition) is 3. The van der Waals surface area contributed by atoms with Crippen molar-refractivity contribution in [3.05, 3.63) is 34.1 Å². The molecule has 0 spiro atoms. The maximum Gasteiger partial charge on any atom is 0.264 e. The Morgan fingerprint density at radius 3 is 2.64 bits per heavy atom. The molecule has 78 valence electrons. The third-order valence-corrected chi connectivity index (χ3v) is 2.73. The zero-order valence-electron chi connectivity index (χ0n) is 7.33. The van der Waals surface area contributed by atoms with E-state index in [9.17, 15) is 12.8 Å². The molecule has 0 amide bonds. The molecular weight excluding hydrogens is 275 g/mol. The molecule has 0 saturated carbocycles. The van der Waals surface area contributed by atoms with Crippen molar-refractivity contribution in [2.45, 2.75) is 6.61 Å². The summed E-state index contributed by atoms with van der Waals surface area (Å²) in [5, 5.41) is 0. The number of benzene rings is 1. The van der Waals surface area contributed by atoms with Crippen LogP contribution in [0.2, 0.25) is 0 Å². The van der Waals surface area contributed by atoms with Gasteiger partial charge in [-0.3, -0.25) is 4.18 Å². The van der Waals surface area contributed by atoms with Gasteiger partial charge < -0.3 is 0 Å². The van der Waals surface area contributed by atoms with Crippen molar-refractivity contribution < 1.29 is 17.0 Å². The van der Waals surface area contributed by atoms with E-state index in [1.807, 2.05) is 0 Å². The molecule has 0 fully saturated rings. The minimum absolute atomic E-state index is 0.0975. The van der Waals surface area contributed by atoms with Crippen LogP contribution in [0.1, 0.15) is 5.56 Å². The molecule has 0 aliphatic heterocycles. The second-order valence-electron chi connectivity index (χ2n) is 2.70. The van der Waals surface area contributed by atoms with Crippen LogP contribution in [-0.2, 0) is 20.9 Å². The fraction of sp³-hybridized carbons (Fsp3) is 0.250. The molecule has 0 N–H and O–H groups in total. The van der Waals surface area contributed by atoms with Gasteiger partial charge in [0.15, 0.2) is 0 Å². The highest BCUT2D eigenvalue weighted by molar-refractivity contribution is 9.10. The molecule has 0 radical (unpaired) electrons. The van der Waals surface area contributed by atoms with Gasteiger partial charge in [0.2, 0.25) is 0 Å². The Labute approximate surface area is 90.1 Å². The van der Waals surface area contributed by atoms with E-state index in [0.717, 1.165) is 6.26 Å². The summed E-state index contributed by atoms with van der Waals surface area (Å²) in [6.45, 7) is -0.0975. The molecule has 1 aromatic carbocycles. The molecule has 0 aliphatic carbocycles. The first-order valence-corrected chi connectivity index (χ1v) is 6.28. The minimum atomic E-state index is -3.46. The van der Waals surface area contributed by atoms with Crippen LogP contribution >= 0.6 is 15.9 Å². The van der Waals surface area contributed by atoms with Crippen LogP contribution in [0.25, 0.3) is 0 Å². The van der Waals surface area contributed by atoms with Crippen LogP contribution in [-0.4, -0.2) is 14.7 Å². The highest BCUT2D eigenvalue weighted by Gasteiger charge is 2.06. The number of rotatable bonds is 3.